The molecule has 1 N–H and O–H groups in total. The molecule has 8 nitrogen and oxygen atoms in total. The molecule has 8 heteroatoms. The Bertz CT molecular complexity index is 1010. The van der Waals surface area contributed by atoms with E-state index in [4.69, 9.17) is 18.7 Å². The van der Waals surface area contributed by atoms with Crippen molar-refractivity contribution in [2.75, 3.05) is 19.2 Å². The van der Waals surface area contributed by atoms with Crippen molar-refractivity contribution in [1.82, 2.24) is 10.1 Å². The summed E-state index contributed by atoms with van der Waals surface area (Å²) in [6.07, 6.45) is 0. The lowest BCUT2D eigenvalue weighted by atomic mass is 10.0. The summed E-state index contributed by atoms with van der Waals surface area (Å²) >= 11 is 0. The minimum Gasteiger partial charge on any atom is -0.493 e. The highest BCUT2D eigenvalue weighted by atomic mass is 16.7. The number of nitrogens with one attached hydrogen (secondary N) is 1. The Morgan fingerprint density at radius 3 is 2.75 bits per heavy atom. The van der Waals surface area contributed by atoms with Crippen molar-refractivity contribution in [3.8, 4) is 29.0 Å². The van der Waals surface area contributed by atoms with Gasteiger partial charge in [0.1, 0.15) is 6.04 Å². The molecule has 1 unspecified atom stereocenters. The van der Waals surface area contributed by atoms with E-state index in [9.17, 15) is 5.26 Å². The zero-order valence-electron chi connectivity index (χ0n) is 15.4. The van der Waals surface area contributed by atoms with Crippen LogP contribution in [0.2, 0.25) is 0 Å². The van der Waals surface area contributed by atoms with E-state index in [1.165, 1.54) is 0 Å². The van der Waals surface area contributed by atoms with Crippen molar-refractivity contribution in [3.05, 3.63) is 53.4 Å². The van der Waals surface area contributed by atoms with Crippen LogP contribution in [0, 0.1) is 18.3 Å². The summed E-state index contributed by atoms with van der Waals surface area (Å²) in [6.45, 7) is 2.35. The quantitative estimate of drug-likeness (QED) is 0.718. The second-order valence-corrected chi connectivity index (χ2v) is 6.24. The molecule has 1 aromatic heterocycles. The number of hydrogen-bond donors (Lipinski definition) is 1. The molecule has 0 saturated heterocycles. The highest BCUT2D eigenvalue weighted by molar-refractivity contribution is 5.60. The van der Waals surface area contributed by atoms with Crippen LogP contribution >= 0.6 is 0 Å². The van der Waals surface area contributed by atoms with Gasteiger partial charge >= 0.3 is 0 Å². The van der Waals surface area contributed by atoms with Gasteiger partial charge in [-0.05, 0) is 42.0 Å². The van der Waals surface area contributed by atoms with Crippen LogP contribution in [0.15, 0.2) is 40.9 Å². The maximum Gasteiger partial charge on any atom is 0.223 e. The second-order valence-electron chi connectivity index (χ2n) is 6.24. The topological polar surface area (TPSA) is 102 Å². The molecule has 3 aromatic rings. The molecule has 0 aliphatic carbocycles. The lowest BCUT2D eigenvalue weighted by molar-refractivity contribution is -0.0180. The molecule has 1 aliphatic heterocycles. The number of fused-ring (bicyclic) bond motifs is 1. The van der Waals surface area contributed by atoms with Crippen LogP contribution in [-0.4, -0.2) is 24.0 Å². The summed E-state index contributed by atoms with van der Waals surface area (Å²) in [7, 11) is 1.57. The number of rotatable bonds is 5. The first kappa shape index (κ1) is 17.8. The molecule has 0 amide bonds. The average Bonchev–Trinajstić information content (AvgIpc) is 3.18. The second kappa shape index (κ2) is 7.58. The Kier molecular flexibility index (Phi) is 4.83. The lowest BCUT2D eigenvalue weighted by Crippen LogP contribution is -2.15. The van der Waals surface area contributed by atoms with E-state index in [1.807, 2.05) is 36.4 Å². The first-order valence-electron chi connectivity index (χ1n) is 8.66. The van der Waals surface area contributed by atoms with Crippen LogP contribution in [0.25, 0.3) is 11.4 Å². The minimum atomic E-state index is -0.570. The van der Waals surface area contributed by atoms with Crippen molar-refractivity contribution >= 4 is 5.69 Å². The van der Waals surface area contributed by atoms with Gasteiger partial charge in [-0.15, -0.1) is 0 Å². The predicted molar refractivity (Wildman–Crippen MR) is 99.7 cm³/mol. The maximum atomic E-state index is 9.70. The highest BCUT2D eigenvalue weighted by Crippen LogP contribution is 2.37. The molecule has 0 spiro atoms. The Balaban J connectivity index is 1.57. The van der Waals surface area contributed by atoms with Gasteiger partial charge in [0.25, 0.3) is 0 Å². The van der Waals surface area contributed by atoms with Crippen molar-refractivity contribution in [1.29, 1.82) is 5.26 Å². The van der Waals surface area contributed by atoms with Crippen LogP contribution in [0.5, 0.6) is 11.5 Å². The van der Waals surface area contributed by atoms with E-state index in [1.54, 1.807) is 14.0 Å². The average molecular weight is 378 g/mol. The zero-order chi connectivity index (χ0) is 19.5. The molecule has 4 rings (SSSR count). The predicted octanol–water partition coefficient (Wildman–Crippen LogP) is 3.60. The van der Waals surface area contributed by atoms with Gasteiger partial charge in [0.05, 0.1) is 19.8 Å². The fourth-order valence-corrected chi connectivity index (χ4v) is 3.01. The number of aryl methyl sites for hydroxylation is 1. The van der Waals surface area contributed by atoms with E-state index in [2.05, 4.69) is 21.5 Å². The van der Waals surface area contributed by atoms with Gasteiger partial charge in [-0.3, -0.25) is 0 Å². The smallest absolute Gasteiger partial charge is 0.223 e. The van der Waals surface area contributed by atoms with E-state index < -0.39 is 6.04 Å². The van der Waals surface area contributed by atoms with Gasteiger partial charge < -0.3 is 24.1 Å². The SMILES string of the molecule is COc1cc(C(C#N)Nc2ccc(-c3noc(C)n3)cc2)cc2c1OCOC2. The molecular formula is C20H18N4O4. The summed E-state index contributed by atoms with van der Waals surface area (Å²) in [5, 5.41) is 16.8. The van der Waals surface area contributed by atoms with E-state index >= 15 is 0 Å². The first-order valence-corrected chi connectivity index (χ1v) is 8.66. The van der Waals surface area contributed by atoms with Crippen LogP contribution in [0.1, 0.15) is 23.1 Å². The summed E-state index contributed by atoms with van der Waals surface area (Å²) in [6, 6.07) is 12.9. The number of anilines is 1. The summed E-state index contributed by atoms with van der Waals surface area (Å²) < 4.78 is 21.3. The first-order chi connectivity index (χ1) is 13.7. The normalized spacial score (nSPS) is 13.8. The number of aromatic nitrogens is 2. The Hall–Kier alpha value is -3.57. The number of methoxy groups -OCH3 is 1. The number of nitrogens with zero attached hydrogens (tertiary/aromatic N) is 3. The molecule has 2 heterocycles. The molecule has 2 aromatic carbocycles. The van der Waals surface area contributed by atoms with Gasteiger partial charge in [0.2, 0.25) is 11.7 Å². The number of ether oxygens (including phenoxy) is 3. The highest BCUT2D eigenvalue weighted by Gasteiger charge is 2.21. The number of nitriles is 1. The zero-order valence-corrected chi connectivity index (χ0v) is 15.4. The maximum absolute atomic E-state index is 9.70. The van der Waals surface area contributed by atoms with Gasteiger partial charge in [0, 0.05) is 23.7 Å². The lowest BCUT2D eigenvalue weighted by Gasteiger charge is -2.22. The molecule has 1 aliphatic rings. The fourth-order valence-electron chi connectivity index (χ4n) is 3.01. The third kappa shape index (κ3) is 3.48. The summed E-state index contributed by atoms with van der Waals surface area (Å²) in [5.74, 6) is 2.28. The van der Waals surface area contributed by atoms with E-state index in [0.717, 1.165) is 22.4 Å². The van der Waals surface area contributed by atoms with Gasteiger partial charge in [-0.2, -0.15) is 10.2 Å². The van der Waals surface area contributed by atoms with Crippen LogP contribution in [-0.2, 0) is 11.3 Å². The monoisotopic (exact) mass is 378 g/mol. The minimum absolute atomic E-state index is 0.189. The van der Waals surface area contributed by atoms with Crippen LogP contribution in [0.3, 0.4) is 0 Å². The molecule has 1 atom stereocenters. The van der Waals surface area contributed by atoms with Crippen molar-refractivity contribution < 1.29 is 18.7 Å². The summed E-state index contributed by atoms with van der Waals surface area (Å²) in [5.41, 5.74) is 3.25. The van der Waals surface area contributed by atoms with E-state index in [-0.39, 0.29) is 6.79 Å². The number of benzene rings is 2. The largest absolute Gasteiger partial charge is 0.493 e. The van der Waals surface area contributed by atoms with Crippen LogP contribution in [0.4, 0.5) is 5.69 Å². The van der Waals surface area contributed by atoms with Gasteiger partial charge in [-0.1, -0.05) is 5.16 Å². The van der Waals surface area contributed by atoms with E-state index in [0.29, 0.717) is 29.8 Å². The third-order valence-corrected chi connectivity index (χ3v) is 4.36. The van der Waals surface area contributed by atoms with Crippen molar-refractivity contribution in [2.24, 2.45) is 0 Å². The van der Waals surface area contributed by atoms with Crippen LogP contribution < -0.4 is 14.8 Å². The Labute approximate surface area is 161 Å². The van der Waals surface area contributed by atoms with Gasteiger partial charge in [-0.25, -0.2) is 0 Å². The van der Waals surface area contributed by atoms with Gasteiger partial charge in [0.15, 0.2) is 18.3 Å². The number of hydrogen-bond acceptors (Lipinski definition) is 8. The van der Waals surface area contributed by atoms with Crippen molar-refractivity contribution in [2.45, 2.75) is 19.6 Å². The standard InChI is InChI=1S/C20H18N4O4/c1-12-22-20(24-28-12)13-3-5-16(6-4-13)23-17(9-21)14-7-15-10-26-11-27-19(15)18(8-14)25-2/h3-8,17,23H,10-11H2,1-2H3. The molecule has 0 bridgehead atoms. The summed E-state index contributed by atoms with van der Waals surface area (Å²) in [4.78, 5) is 4.21. The molecule has 0 radical (unpaired) electrons. The molecule has 28 heavy (non-hydrogen) atoms. The Morgan fingerprint density at radius 2 is 2.07 bits per heavy atom. The molecule has 0 saturated carbocycles. The molecular weight excluding hydrogens is 360 g/mol. The Morgan fingerprint density at radius 1 is 1.25 bits per heavy atom. The molecule has 0 fully saturated rings. The molecule has 142 valence electrons. The van der Waals surface area contributed by atoms with Crippen molar-refractivity contribution in [3.63, 3.8) is 0 Å². The third-order valence-electron chi connectivity index (χ3n) is 4.36. The fraction of sp³-hybridized carbons (Fsp3) is 0.250.